The molecule has 0 saturated carbocycles. The van der Waals surface area contributed by atoms with Crippen LogP contribution in [0, 0.1) is 0 Å². The van der Waals surface area contributed by atoms with Crippen molar-refractivity contribution >= 4 is 34.4 Å². The summed E-state index contributed by atoms with van der Waals surface area (Å²) in [5, 5.41) is 2.91. The summed E-state index contributed by atoms with van der Waals surface area (Å²) < 4.78 is 5.29. The number of amides is 2. The van der Waals surface area contributed by atoms with Gasteiger partial charge in [0.05, 0.1) is 7.11 Å². The predicted octanol–water partition coefficient (Wildman–Crippen LogP) is 2.17. The van der Waals surface area contributed by atoms with E-state index < -0.39 is 5.25 Å². The van der Waals surface area contributed by atoms with Gasteiger partial charge in [0, 0.05) is 19.5 Å². The molecule has 0 aliphatic carbocycles. The van der Waals surface area contributed by atoms with Gasteiger partial charge in [-0.1, -0.05) is 23.9 Å². The average molecular weight is 335 g/mol. The van der Waals surface area contributed by atoms with Gasteiger partial charge in [-0.05, 0) is 26.0 Å². The number of amidine groups is 1. The van der Waals surface area contributed by atoms with Crippen LogP contribution >= 0.6 is 11.8 Å². The smallest absolute Gasteiger partial charge is 0.242 e. The van der Waals surface area contributed by atoms with E-state index in [4.69, 9.17) is 4.74 Å². The molecule has 23 heavy (non-hydrogen) atoms. The number of aliphatic imine (C=N–C) groups is 1. The first-order valence-corrected chi connectivity index (χ1v) is 8.45. The van der Waals surface area contributed by atoms with Crippen LogP contribution in [-0.2, 0) is 9.59 Å². The van der Waals surface area contributed by atoms with E-state index in [9.17, 15) is 9.59 Å². The van der Waals surface area contributed by atoms with Gasteiger partial charge in [0.1, 0.15) is 16.7 Å². The molecule has 1 aliphatic heterocycles. The largest absolute Gasteiger partial charge is 0.494 e. The van der Waals surface area contributed by atoms with Gasteiger partial charge in [-0.15, -0.1) is 0 Å². The first kappa shape index (κ1) is 17.3. The summed E-state index contributed by atoms with van der Waals surface area (Å²) in [5.74, 6) is 0.460. The molecule has 2 rings (SSSR count). The van der Waals surface area contributed by atoms with Crippen molar-refractivity contribution in [2.75, 3.05) is 20.2 Å². The lowest BCUT2D eigenvalue weighted by atomic mass is 10.2. The molecular weight excluding hydrogens is 314 g/mol. The maximum atomic E-state index is 12.4. The van der Waals surface area contributed by atoms with E-state index in [1.807, 2.05) is 38.1 Å². The van der Waals surface area contributed by atoms with Crippen molar-refractivity contribution in [3.63, 3.8) is 0 Å². The van der Waals surface area contributed by atoms with Crippen molar-refractivity contribution in [3.8, 4) is 5.75 Å². The molecule has 124 valence electrons. The van der Waals surface area contributed by atoms with Crippen molar-refractivity contribution in [1.29, 1.82) is 0 Å². The van der Waals surface area contributed by atoms with E-state index >= 15 is 0 Å². The van der Waals surface area contributed by atoms with Gasteiger partial charge >= 0.3 is 0 Å². The Hall–Kier alpha value is -2.02. The lowest BCUT2D eigenvalue weighted by Crippen LogP contribution is -2.34. The fourth-order valence-corrected chi connectivity index (χ4v) is 3.49. The zero-order valence-electron chi connectivity index (χ0n) is 13.5. The summed E-state index contributed by atoms with van der Waals surface area (Å²) in [6.45, 7) is 4.83. The number of hydrogen-bond acceptors (Lipinski definition) is 5. The first-order valence-electron chi connectivity index (χ1n) is 7.57. The second kappa shape index (κ2) is 8.01. The van der Waals surface area contributed by atoms with E-state index in [0.29, 0.717) is 29.7 Å². The number of benzene rings is 1. The molecule has 7 heteroatoms. The van der Waals surface area contributed by atoms with Crippen LogP contribution in [0.25, 0.3) is 0 Å². The van der Waals surface area contributed by atoms with E-state index in [0.717, 1.165) is 0 Å². The van der Waals surface area contributed by atoms with Crippen molar-refractivity contribution in [3.05, 3.63) is 24.3 Å². The van der Waals surface area contributed by atoms with Gasteiger partial charge in [0.25, 0.3) is 0 Å². The van der Waals surface area contributed by atoms with Crippen LogP contribution in [0.5, 0.6) is 5.75 Å². The molecule has 6 nitrogen and oxygen atoms in total. The predicted molar refractivity (Wildman–Crippen MR) is 92.2 cm³/mol. The van der Waals surface area contributed by atoms with E-state index in [-0.39, 0.29) is 18.2 Å². The minimum absolute atomic E-state index is 0.0719. The van der Waals surface area contributed by atoms with E-state index in [2.05, 4.69) is 10.3 Å². The number of para-hydroxylation sites is 2. The summed E-state index contributed by atoms with van der Waals surface area (Å²) in [5.41, 5.74) is 0.669. The summed E-state index contributed by atoms with van der Waals surface area (Å²) in [7, 11) is 1.58. The molecule has 1 unspecified atom stereocenters. The molecule has 0 radical (unpaired) electrons. The van der Waals surface area contributed by atoms with Gasteiger partial charge in [0.15, 0.2) is 5.17 Å². The number of nitrogens with zero attached hydrogens (tertiary/aromatic N) is 2. The van der Waals surface area contributed by atoms with Crippen molar-refractivity contribution in [2.45, 2.75) is 25.5 Å². The zero-order valence-corrected chi connectivity index (χ0v) is 14.4. The fourth-order valence-electron chi connectivity index (χ4n) is 2.28. The number of hydrogen-bond donors (Lipinski definition) is 1. The topological polar surface area (TPSA) is 71.0 Å². The van der Waals surface area contributed by atoms with Crippen molar-refractivity contribution in [1.82, 2.24) is 10.2 Å². The number of nitrogens with one attached hydrogen (secondary N) is 1. The van der Waals surface area contributed by atoms with Crippen LogP contribution in [0.2, 0.25) is 0 Å². The molecular formula is C16H21N3O3S. The van der Waals surface area contributed by atoms with Gasteiger partial charge in [-0.3, -0.25) is 14.5 Å². The van der Waals surface area contributed by atoms with Gasteiger partial charge in [0.2, 0.25) is 11.8 Å². The lowest BCUT2D eigenvalue weighted by molar-refractivity contribution is -0.129. The fraction of sp³-hybridized carbons (Fsp3) is 0.438. The van der Waals surface area contributed by atoms with Crippen molar-refractivity contribution < 1.29 is 14.3 Å². The molecule has 1 N–H and O–H groups in total. The highest BCUT2D eigenvalue weighted by atomic mass is 32.2. The Bertz CT molecular complexity index is 618. The molecule has 1 aromatic rings. The summed E-state index contributed by atoms with van der Waals surface area (Å²) >= 11 is 1.33. The van der Waals surface area contributed by atoms with Crippen LogP contribution < -0.4 is 10.1 Å². The summed E-state index contributed by atoms with van der Waals surface area (Å²) in [4.78, 5) is 30.4. The number of methoxy groups -OCH3 is 1. The Balaban J connectivity index is 2.23. The third kappa shape index (κ3) is 4.04. The second-order valence-corrected chi connectivity index (χ2v) is 6.08. The van der Waals surface area contributed by atoms with Gasteiger partial charge in [-0.2, -0.15) is 0 Å². The minimum Gasteiger partial charge on any atom is -0.494 e. The third-order valence-corrected chi connectivity index (χ3v) is 4.56. The Morgan fingerprint density at radius 3 is 2.78 bits per heavy atom. The third-order valence-electron chi connectivity index (χ3n) is 3.38. The Kier molecular flexibility index (Phi) is 6.04. The maximum absolute atomic E-state index is 12.4. The highest BCUT2D eigenvalue weighted by Gasteiger charge is 2.38. The number of carbonyl (C=O) groups is 2. The maximum Gasteiger partial charge on any atom is 0.242 e. The molecule has 1 aromatic carbocycles. The molecule has 0 spiro atoms. The lowest BCUT2D eigenvalue weighted by Gasteiger charge is -2.13. The normalized spacial score (nSPS) is 19.3. The van der Waals surface area contributed by atoms with Gasteiger partial charge in [-0.25, -0.2) is 4.99 Å². The van der Waals surface area contributed by atoms with Crippen LogP contribution in [0.4, 0.5) is 5.69 Å². The molecule has 1 fully saturated rings. The Morgan fingerprint density at radius 2 is 2.13 bits per heavy atom. The second-order valence-electron chi connectivity index (χ2n) is 4.91. The average Bonchev–Trinajstić information content (AvgIpc) is 2.83. The Morgan fingerprint density at radius 1 is 1.39 bits per heavy atom. The minimum atomic E-state index is -0.421. The molecule has 2 amide bonds. The van der Waals surface area contributed by atoms with E-state index in [1.165, 1.54) is 11.8 Å². The highest BCUT2D eigenvalue weighted by Crippen LogP contribution is 2.34. The molecule has 0 aromatic heterocycles. The first-order chi connectivity index (χ1) is 11.1. The molecule has 1 heterocycles. The molecule has 0 bridgehead atoms. The molecule has 1 atom stereocenters. The summed E-state index contributed by atoms with van der Waals surface area (Å²) in [6.07, 6.45) is 0.165. The molecule has 1 saturated heterocycles. The van der Waals surface area contributed by atoms with Gasteiger partial charge < -0.3 is 10.1 Å². The van der Waals surface area contributed by atoms with Crippen molar-refractivity contribution in [2.24, 2.45) is 4.99 Å². The SMILES string of the molecule is CCNC(=O)CC1SC(=Nc2ccccc2OC)N(CC)C1=O. The molecule has 1 aliphatic rings. The Labute approximate surface area is 140 Å². The van der Waals surface area contributed by atoms with Crippen LogP contribution in [-0.4, -0.2) is 47.3 Å². The van der Waals surface area contributed by atoms with E-state index in [1.54, 1.807) is 12.0 Å². The van der Waals surface area contributed by atoms with Crippen LogP contribution in [0.1, 0.15) is 20.3 Å². The monoisotopic (exact) mass is 335 g/mol. The van der Waals surface area contributed by atoms with Crippen LogP contribution in [0.3, 0.4) is 0 Å². The number of rotatable bonds is 6. The number of carbonyl (C=O) groups excluding carboxylic acids is 2. The van der Waals surface area contributed by atoms with Crippen LogP contribution in [0.15, 0.2) is 29.3 Å². The number of thioether (sulfide) groups is 1. The number of ether oxygens (including phenoxy) is 1. The summed E-state index contributed by atoms with van der Waals surface area (Å²) in [6, 6.07) is 7.39. The standard InChI is InChI=1S/C16H21N3O3S/c1-4-17-14(20)10-13-15(21)19(5-2)16(23-13)18-11-8-6-7-9-12(11)22-3/h6-9,13H,4-5,10H2,1-3H3,(H,17,20). The quantitative estimate of drug-likeness (QED) is 0.865. The zero-order chi connectivity index (χ0) is 16.8. The highest BCUT2D eigenvalue weighted by molar-refractivity contribution is 8.15.